The molecule has 2 unspecified atom stereocenters. The molecule has 0 aromatic rings. The van der Waals surface area contributed by atoms with E-state index in [1.54, 1.807) is 11.9 Å². The molecule has 18 heavy (non-hydrogen) atoms. The number of likely N-dealkylation sites (tertiary alicyclic amines) is 1. The number of likely N-dealkylation sites (N-methyl/N-ethyl adjacent to an activating group) is 1. The summed E-state index contributed by atoms with van der Waals surface area (Å²) in [5.74, 6) is 0.574. The van der Waals surface area contributed by atoms with Crippen molar-refractivity contribution in [1.82, 2.24) is 15.1 Å². The number of carbonyl (C=O) groups is 2. The number of carbonyl (C=O) groups excluding carboxylic acids is 2. The zero-order valence-corrected chi connectivity index (χ0v) is 11.3. The Kier molecular flexibility index (Phi) is 4.22. The Labute approximate surface area is 108 Å². The maximum Gasteiger partial charge on any atom is 0.242 e. The largest absolute Gasteiger partial charge is 0.341 e. The van der Waals surface area contributed by atoms with Gasteiger partial charge in [0.05, 0.1) is 12.5 Å². The molecule has 2 heterocycles. The molecule has 0 saturated carbocycles. The summed E-state index contributed by atoms with van der Waals surface area (Å²) >= 11 is 0. The zero-order chi connectivity index (χ0) is 13.1. The van der Waals surface area contributed by atoms with E-state index in [9.17, 15) is 9.59 Å². The topological polar surface area (TPSA) is 52.7 Å². The summed E-state index contributed by atoms with van der Waals surface area (Å²) in [7, 11) is 1.74. The molecule has 2 atom stereocenters. The minimum atomic E-state index is 0.0291. The standard InChI is InChI=1S/C13H23N3O2/c1-10-7-14-8-11(10)13(18)15(2)9-12(17)16-5-3-4-6-16/h10-11,14H,3-9H2,1-2H3. The fourth-order valence-electron chi connectivity index (χ4n) is 2.77. The summed E-state index contributed by atoms with van der Waals surface area (Å²) in [6.45, 7) is 5.64. The molecule has 1 N–H and O–H groups in total. The van der Waals surface area contributed by atoms with Crippen molar-refractivity contribution in [2.75, 3.05) is 39.8 Å². The summed E-state index contributed by atoms with van der Waals surface area (Å²) < 4.78 is 0. The van der Waals surface area contributed by atoms with Crippen molar-refractivity contribution in [2.45, 2.75) is 19.8 Å². The van der Waals surface area contributed by atoms with Crippen molar-refractivity contribution in [1.29, 1.82) is 0 Å². The summed E-state index contributed by atoms with van der Waals surface area (Å²) in [6, 6.07) is 0. The Hall–Kier alpha value is -1.10. The number of nitrogens with zero attached hydrogens (tertiary/aromatic N) is 2. The average molecular weight is 253 g/mol. The van der Waals surface area contributed by atoms with Gasteiger partial charge in [0.15, 0.2) is 0 Å². The second-order valence-corrected chi connectivity index (χ2v) is 5.52. The molecule has 2 amide bonds. The summed E-state index contributed by atoms with van der Waals surface area (Å²) in [4.78, 5) is 27.6. The van der Waals surface area contributed by atoms with Crippen LogP contribution in [0.2, 0.25) is 0 Å². The number of hydrogen-bond donors (Lipinski definition) is 1. The Bertz CT molecular complexity index is 326. The van der Waals surface area contributed by atoms with Crippen LogP contribution in [0.15, 0.2) is 0 Å². The van der Waals surface area contributed by atoms with Gasteiger partial charge in [-0.15, -0.1) is 0 Å². The summed E-state index contributed by atoms with van der Waals surface area (Å²) in [5.41, 5.74) is 0. The van der Waals surface area contributed by atoms with E-state index >= 15 is 0 Å². The first-order valence-electron chi connectivity index (χ1n) is 6.83. The Balaban J connectivity index is 1.84. The molecule has 0 aromatic carbocycles. The third-order valence-corrected chi connectivity index (χ3v) is 4.04. The van der Waals surface area contributed by atoms with Crippen LogP contribution < -0.4 is 5.32 Å². The minimum Gasteiger partial charge on any atom is -0.341 e. The normalized spacial score (nSPS) is 27.6. The fraction of sp³-hybridized carbons (Fsp3) is 0.846. The molecule has 5 nitrogen and oxygen atoms in total. The van der Waals surface area contributed by atoms with Gasteiger partial charge in [0.2, 0.25) is 11.8 Å². The van der Waals surface area contributed by atoms with E-state index in [0.29, 0.717) is 5.92 Å². The molecule has 2 aliphatic heterocycles. The van der Waals surface area contributed by atoms with E-state index < -0.39 is 0 Å². The predicted octanol–water partition coefficient (Wildman–Crippen LogP) is -0.0773. The van der Waals surface area contributed by atoms with E-state index in [1.165, 1.54) is 0 Å². The molecule has 2 aliphatic rings. The SMILES string of the molecule is CC1CNCC1C(=O)N(C)CC(=O)N1CCCC1. The van der Waals surface area contributed by atoms with Gasteiger partial charge in [0.25, 0.3) is 0 Å². The van der Waals surface area contributed by atoms with Gasteiger partial charge in [0, 0.05) is 26.7 Å². The van der Waals surface area contributed by atoms with Crippen LogP contribution in [-0.2, 0) is 9.59 Å². The van der Waals surface area contributed by atoms with E-state index in [0.717, 1.165) is 39.0 Å². The van der Waals surface area contributed by atoms with Crippen molar-refractivity contribution in [3.8, 4) is 0 Å². The Morgan fingerprint density at radius 1 is 1.28 bits per heavy atom. The molecule has 0 aromatic heterocycles. The average Bonchev–Trinajstić information content (AvgIpc) is 2.98. The van der Waals surface area contributed by atoms with E-state index in [-0.39, 0.29) is 24.3 Å². The molecule has 0 aliphatic carbocycles. The van der Waals surface area contributed by atoms with Crippen LogP contribution >= 0.6 is 0 Å². The zero-order valence-electron chi connectivity index (χ0n) is 11.3. The summed E-state index contributed by atoms with van der Waals surface area (Å²) in [5, 5.41) is 3.22. The lowest BCUT2D eigenvalue weighted by Gasteiger charge is -2.24. The van der Waals surface area contributed by atoms with Crippen LogP contribution in [-0.4, -0.2) is 61.4 Å². The highest BCUT2D eigenvalue weighted by Gasteiger charge is 2.32. The third kappa shape index (κ3) is 2.83. The molecular weight excluding hydrogens is 230 g/mol. The van der Waals surface area contributed by atoms with Crippen LogP contribution in [0.25, 0.3) is 0 Å². The molecule has 2 rings (SSSR count). The van der Waals surface area contributed by atoms with Crippen LogP contribution in [0.5, 0.6) is 0 Å². The van der Waals surface area contributed by atoms with Gasteiger partial charge in [-0.05, 0) is 25.3 Å². The van der Waals surface area contributed by atoms with Crippen molar-refractivity contribution in [3.05, 3.63) is 0 Å². The van der Waals surface area contributed by atoms with Crippen molar-refractivity contribution >= 4 is 11.8 Å². The number of nitrogens with one attached hydrogen (secondary N) is 1. The maximum atomic E-state index is 12.2. The maximum absolute atomic E-state index is 12.2. The smallest absolute Gasteiger partial charge is 0.242 e. The second-order valence-electron chi connectivity index (χ2n) is 5.52. The molecule has 0 radical (unpaired) electrons. The molecule has 5 heteroatoms. The highest BCUT2D eigenvalue weighted by atomic mass is 16.2. The predicted molar refractivity (Wildman–Crippen MR) is 69.0 cm³/mol. The van der Waals surface area contributed by atoms with E-state index in [4.69, 9.17) is 0 Å². The molecule has 0 spiro atoms. The number of hydrogen-bond acceptors (Lipinski definition) is 3. The van der Waals surface area contributed by atoms with Gasteiger partial charge in [-0.1, -0.05) is 6.92 Å². The van der Waals surface area contributed by atoms with E-state index in [1.807, 2.05) is 4.90 Å². The second kappa shape index (κ2) is 5.69. The Morgan fingerprint density at radius 3 is 2.50 bits per heavy atom. The van der Waals surface area contributed by atoms with Crippen molar-refractivity contribution in [2.24, 2.45) is 11.8 Å². The molecule has 102 valence electrons. The minimum absolute atomic E-state index is 0.0291. The number of amides is 2. The van der Waals surface area contributed by atoms with Crippen LogP contribution in [0, 0.1) is 11.8 Å². The third-order valence-electron chi connectivity index (χ3n) is 4.04. The van der Waals surface area contributed by atoms with Crippen LogP contribution in [0.4, 0.5) is 0 Å². The van der Waals surface area contributed by atoms with E-state index in [2.05, 4.69) is 12.2 Å². The lowest BCUT2D eigenvalue weighted by molar-refractivity contribution is -0.141. The molecule has 2 saturated heterocycles. The Morgan fingerprint density at radius 2 is 1.94 bits per heavy atom. The summed E-state index contributed by atoms with van der Waals surface area (Å²) in [6.07, 6.45) is 2.18. The number of rotatable bonds is 3. The molecule has 0 bridgehead atoms. The van der Waals surface area contributed by atoms with Gasteiger partial charge < -0.3 is 15.1 Å². The van der Waals surface area contributed by atoms with Gasteiger partial charge in [-0.3, -0.25) is 9.59 Å². The molecular formula is C13H23N3O2. The highest BCUT2D eigenvalue weighted by Crippen LogP contribution is 2.18. The fourth-order valence-corrected chi connectivity index (χ4v) is 2.77. The van der Waals surface area contributed by atoms with Crippen LogP contribution in [0.1, 0.15) is 19.8 Å². The van der Waals surface area contributed by atoms with Gasteiger partial charge in [-0.2, -0.15) is 0 Å². The highest BCUT2D eigenvalue weighted by molar-refractivity contribution is 5.86. The first-order chi connectivity index (χ1) is 8.59. The quantitative estimate of drug-likeness (QED) is 0.765. The first kappa shape index (κ1) is 13.3. The van der Waals surface area contributed by atoms with Gasteiger partial charge in [-0.25, -0.2) is 0 Å². The van der Waals surface area contributed by atoms with Crippen LogP contribution in [0.3, 0.4) is 0 Å². The van der Waals surface area contributed by atoms with Gasteiger partial charge >= 0.3 is 0 Å². The van der Waals surface area contributed by atoms with Gasteiger partial charge in [0.1, 0.15) is 0 Å². The monoisotopic (exact) mass is 253 g/mol. The lowest BCUT2D eigenvalue weighted by Crippen LogP contribution is -2.43. The molecule has 2 fully saturated rings. The lowest BCUT2D eigenvalue weighted by atomic mass is 9.97. The van der Waals surface area contributed by atoms with Crippen molar-refractivity contribution < 1.29 is 9.59 Å². The first-order valence-corrected chi connectivity index (χ1v) is 6.83. The van der Waals surface area contributed by atoms with Crippen molar-refractivity contribution in [3.63, 3.8) is 0 Å².